The van der Waals surface area contributed by atoms with Crippen LogP contribution in [-0.2, 0) is 21.7 Å². The van der Waals surface area contributed by atoms with Gasteiger partial charge in [-0.3, -0.25) is 19.8 Å². The van der Waals surface area contributed by atoms with E-state index in [1.807, 2.05) is 17.5 Å². The summed E-state index contributed by atoms with van der Waals surface area (Å²) in [5, 5.41) is 10.9. The van der Waals surface area contributed by atoms with Gasteiger partial charge in [0, 0.05) is 9.75 Å². The van der Waals surface area contributed by atoms with Gasteiger partial charge in [-0.2, -0.15) is 0 Å². The molecule has 26 heavy (non-hydrogen) atoms. The van der Waals surface area contributed by atoms with Gasteiger partial charge in [0.15, 0.2) is 5.54 Å². The van der Waals surface area contributed by atoms with Crippen molar-refractivity contribution in [2.75, 3.05) is 6.54 Å². The Balaban J connectivity index is 1.56. The zero-order valence-corrected chi connectivity index (χ0v) is 15.4. The van der Waals surface area contributed by atoms with Crippen LogP contribution < -0.4 is 16.0 Å². The van der Waals surface area contributed by atoms with Crippen LogP contribution in [0.1, 0.15) is 16.7 Å². The Labute approximate surface area is 157 Å². The van der Waals surface area contributed by atoms with Crippen molar-refractivity contribution in [2.45, 2.75) is 19.0 Å². The van der Waals surface area contributed by atoms with Crippen LogP contribution in [0.15, 0.2) is 35.0 Å². The number of imide groups is 2. The second kappa shape index (κ2) is 7.26. The minimum Gasteiger partial charge on any atom is -0.333 e. The number of nitrogens with zero attached hydrogens (tertiary/aromatic N) is 1. The lowest BCUT2D eigenvalue weighted by atomic mass is 10.0. The van der Waals surface area contributed by atoms with Crippen LogP contribution in [-0.4, -0.2) is 35.3 Å². The third-order valence-electron chi connectivity index (χ3n) is 3.85. The smallest absolute Gasteiger partial charge is 0.325 e. The Kier molecular flexibility index (Phi) is 5.05. The molecule has 1 aliphatic rings. The van der Waals surface area contributed by atoms with Crippen LogP contribution in [0, 0.1) is 0 Å². The molecule has 10 heteroatoms. The molecule has 0 saturated carbocycles. The highest BCUT2D eigenvalue weighted by Gasteiger charge is 2.50. The fourth-order valence-electron chi connectivity index (χ4n) is 2.51. The summed E-state index contributed by atoms with van der Waals surface area (Å²) in [4.78, 5) is 50.9. The van der Waals surface area contributed by atoms with Gasteiger partial charge in [0.05, 0.1) is 6.54 Å². The number of carbonyl (C=O) groups excluding carboxylic acids is 4. The van der Waals surface area contributed by atoms with Gasteiger partial charge in [0.25, 0.3) is 5.91 Å². The number of amides is 6. The van der Waals surface area contributed by atoms with Crippen molar-refractivity contribution in [3.63, 3.8) is 0 Å². The van der Waals surface area contributed by atoms with Crippen molar-refractivity contribution >= 4 is 46.6 Å². The first kappa shape index (κ1) is 18.1. The fourth-order valence-corrected chi connectivity index (χ4v) is 3.98. The average Bonchev–Trinajstić information content (AvgIpc) is 3.32. The SMILES string of the molecule is C[C@]1(c2cccs2)NC(=O)N(CC(=O)NC(=O)NCc2cccs2)C1=O. The maximum Gasteiger partial charge on any atom is 0.325 e. The Bertz CT molecular complexity index is 835. The molecule has 3 rings (SSSR count). The molecule has 1 saturated heterocycles. The van der Waals surface area contributed by atoms with E-state index in [2.05, 4.69) is 16.0 Å². The largest absolute Gasteiger partial charge is 0.333 e. The Morgan fingerprint density at radius 3 is 2.58 bits per heavy atom. The van der Waals surface area contributed by atoms with Crippen molar-refractivity contribution in [2.24, 2.45) is 0 Å². The predicted octanol–water partition coefficient (Wildman–Crippen LogP) is 1.60. The van der Waals surface area contributed by atoms with Crippen LogP contribution in [0.4, 0.5) is 9.59 Å². The molecule has 1 atom stereocenters. The van der Waals surface area contributed by atoms with Gasteiger partial charge in [-0.05, 0) is 29.8 Å². The minimum absolute atomic E-state index is 0.288. The second-order valence-corrected chi connectivity index (χ2v) is 7.71. The highest BCUT2D eigenvalue weighted by atomic mass is 32.1. The third-order valence-corrected chi connectivity index (χ3v) is 5.81. The van der Waals surface area contributed by atoms with E-state index in [0.29, 0.717) is 4.88 Å². The van der Waals surface area contributed by atoms with Gasteiger partial charge in [0.1, 0.15) is 6.54 Å². The number of hydrogen-bond donors (Lipinski definition) is 3. The first-order valence-electron chi connectivity index (χ1n) is 7.68. The number of urea groups is 2. The summed E-state index contributed by atoms with van der Waals surface area (Å²) < 4.78 is 0. The van der Waals surface area contributed by atoms with Crippen molar-refractivity contribution in [3.8, 4) is 0 Å². The number of carbonyl (C=O) groups is 4. The lowest BCUT2D eigenvalue weighted by Crippen LogP contribution is -2.46. The van der Waals surface area contributed by atoms with Crippen LogP contribution >= 0.6 is 22.7 Å². The normalized spacial score (nSPS) is 19.3. The third kappa shape index (κ3) is 3.60. The van der Waals surface area contributed by atoms with E-state index in [4.69, 9.17) is 0 Å². The number of nitrogens with one attached hydrogen (secondary N) is 3. The molecule has 0 aliphatic carbocycles. The van der Waals surface area contributed by atoms with E-state index in [9.17, 15) is 19.2 Å². The highest BCUT2D eigenvalue weighted by molar-refractivity contribution is 7.10. The molecular weight excluding hydrogens is 376 g/mol. The lowest BCUT2D eigenvalue weighted by molar-refractivity contribution is -0.134. The number of hydrogen-bond acceptors (Lipinski definition) is 6. The summed E-state index contributed by atoms with van der Waals surface area (Å²) in [6.07, 6.45) is 0. The summed E-state index contributed by atoms with van der Waals surface area (Å²) in [5.41, 5.74) is -1.20. The van der Waals surface area contributed by atoms with Gasteiger partial charge in [-0.1, -0.05) is 12.1 Å². The van der Waals surface area contributed by atoms with Crippen LogP contribution in [0.2, 0.25) is 0 Å². The Hall–Kier alpha value is -2.72. The molecule has 8 nitrogen and oxygen atoms in total. The lowest BCUT2D eigenvalue weighted by Gasteiger charge is -2.19. The summed E-state index contributed by atoms with van der Waals surface area (Å²) in [5.74, 6) is -1.27. The molecule has 1 fully saturated rings. The first-order valence-corrected chi connectivity index (χ1v) is 9.44. The second-order valence-electron chi connectivity index (χ2n) is 5.73. The molecule has 0 unspecified atom stereocenters. The van der Waals surface area contributed by atoms with Crippen molar-refractivity contribution in [1.29, 1.82) is 0 Å². The van der Waals surface area contributed by atoms with Crippen molar-refractivity contribution in [3.05, 3.63) is 44.8 Å². The molecule has 136 valence electrons. The van der Waals surface area contributed by atoms with E-state index < -0.39 is 36.0 Å². The van der Waals surface area contributed by atoms with Gasteiger partial charge >= 0.3 is 12.1 Å². The topological polar surface area (TPSA) is 108 Å². The van der Waals surface area contributed by atoms with E-state index in [1.54, 1.807) is 24.4 Å². The molecule has 0 spiro atoms. The van der Waals surface area contributed by atoms with Gasteiger partial charge in [0.2, 0.25) is 5.91 Å². The molecule has 6 amide bonds. The summed E-state index contributed by atoms with van der Waals surface area (Å²) in [7, 11) is 0. The maximum atomic E-state index is 12.6. The van der Waals surface area contributed by atoms with Gasteiger partial charge < -0.3 is 10.6 Å². The monoisotopic (exact) mass is 392 g/mol. The van der Waals surface area contributed by atoms with Gasteiger partial charge in [-0.25, -0.2) is 9.59 Å². The molecule has 0 bridgehead atoms. The zero-order chi connectivity index (χ0) is 18.7. The van der Waals surface area contributed by atoms with E-state index in [1.165, 1.54) is 22.7 Å². The molecule has 0 aromatic carbocycles. The number of thiophene rings is 2. The van der Waals surface area contributed by atoms with Crippen molar-refractivity contribution in [1.82, 2.24) is 20.9 Å². The molecule has 2 aromatic rings. The quantitative estimate of drug-likeness (QED) is 0.672. The number of rotatable bonds is 5. The molecule has 1 aliphatic heterocycles. The first-order chi connectivity index (χ1) is 12.4. The van der Waals surface area contributed by atoms with E-state index >= 15 is 0 Å². The average molecular weight is 392 g/mol. The van der Waals surface area contributed by atoms with Crippen LogP contribution in [0.25, 0.3) is 0 Å². The minimum atomic E-state index is -1.20. The van der Waals surface area contributed by atoms with Crippen LogP contribution in [0.5, 0.6) is 0 Å². The van der Waals surface area contributed by atoms with E-state index in [0.717, 1.165) is 9.78 Å². The van der Waals surface area contributed by atoms with Crippen molar-refractivity contribution < 1.29 is 19.2 Å². The highest BCUT2D eigenvalue weighted by Crippen LogP contribution is 2.31. The zero-order valence-electron chi connectivity index (χ0n) is 13.8. The Morgan fingerprint density at radius 1 is 1.19 bits per heavy atom. The molecule has 0 radical (unpaired) electrons. The standard InChI is InChI=1S/C16H16N4O4S2/c1-16(11-5-3-7-26-11)13(22)20(15(24)19-16)9-12(21)18-14(23)17-8-10-4-2-6-25-10/h2-7H,8-9H2,1H3,(H,19,24)(H2,17,18,21,23)/t16-/m1/s1. The summed E-state index contributed by atoms with van der Waals surface area (Å²) in [6.45, 7) is 1.35. The van der Waals surface area contributed by atoms with Gasteiger partial charge in [-0.15, -0.1) is 22.7 Å². The van der Waals surface area contributed by atoms with E-state index in [-0.39, 0.29) is 6.54 Å². The molecular formula is C16H16N4O4S2. The molecule has 2 aromatic heterocycles. The summed E-state index contributed by atoms with van der Waals surface area (Å²) >= 11 is 2.81. The fraction of sp³-hybridized carbons (Fsp3) is 0.250. The molecule has 3 heterocycles. The predicted molar refractivity (Wildman–Crippen MR) is 96.6 cm³/mol. The molecule has 3 N–H and O–H groups in total. The Morgan fingerprint density at radius 2 is 1.92 bits per heavy atom. The summed E-state index contributed by atoms with van der Waals surface area (Å²) in [6, 6.07) is 5.87. The van der Waals surface area contributed by atoms with Crippen LogP contribution in [0.3, 0.4) is 0 Å². The maximum absolute atomic E-state index is 12.6.